The first-order valence-corrected chi connectivity index (χ1v) is 6.79. The highest BCUT2D eigenvalue weighted by molar-refractivity contribution is 6.15. The number of aliphatic hydroxyl groups excluding tert-OH is 1. The summed E-state index contributed by atoms with van der Waals surface area (Å²) in [5, 5.41) is 10.2. The molecule has 23 heavy (non-hydrogen) atoms. The summed E-state index contributed by atoms with van der Waals surface area (Å²) in [5.41, 5.74) is -2.88. The largest absolute Gasteiger partial charge is 0.511 e. The van der Waals surface area contributed by atoms with Crippen molar-refractivity contribution in [2.75, 3.05) is 0 Å². The maximum absolute atomic E-state index is 13.4. The summed E-state index contributed by atoms with van der Waals surface area (Å²) < 4.78 is 40.1. The molecule has 2 aromatic rings. The molecule has 0 bridgehead atoms. The van der Waals surface area contributed by atoms with Gasteiger partial charge in [0.05, 0.1) is 5.52 Å². The molecule has 0 amide bonds. The quantitative estimate of drug-likeness (QED) is 0.510. The van der Waals surface area contributed by atoms with Gasteiger partial charge in [0.15, 0.2) is 0 Å². The molecule has 1 aromatic carbocycles. The third kappa shape index (κ3) is 3.33. The number of carbonyl (C=O) groups excluding carboxylic acids is 1. The lowest BCUT2D eigenvalue weighted by Crippen LogP contribution is -2.27. The van der Waals surface area contributed by atoms with Crippen molar-refractivity contribution < 1.29 is 23.1 Å². The lowest BCUT2D eigenvalue weighted by atomic mass is 9.88. The number of alkyl halides is 3. The van der Waals surface area contributed by atoms with Gasteiger partial charge in [-0.3, -0.25) is 4.79 Å². The molecule has 0 radical (unpaired) electrons. The van der Waals surface area contributed by atoms with E-state index in [9.17, 15) is 23.1 Å². The molecule has 1 heterocycles. The monoisotopic (exact) mass is 324 g/mol. The Hall–Kier alpha value is -2.44. The summed E-state index contributed by atoms with van der Waals surface area (Å²) in [6.07, 6.45) is -3.97. The molecule has 1 aromatic heterocycles. The van der Waals surface area contributed by atoms with Crippen LogP contribution >= 0.6 is 0 Å². The second kappa shape index (κ2) is 5.64. The van der Waals surface area contributed by atoms with Gasteiger partial charge in [-0.1, -0.05) is 39.0 Å². The van der Waals surface area contributed by atoms with Gasteiger partial charge in [0.25, 0.3) is 0 Å². The van der Waals surface area contributed by atoms with Crippen LogP contribution in [-0.4, -0.2) is 27.0 Å². The zero-order chi connectivity index (χ0) is 17.4. The smallest absolute Gasteiger partial charge is 0.423 e. The first-order valence-electron chi connectivity index (χ1n) is 6.79. The third-order valence-corrected chi connectivity index (χ3v) is 3.22. The van der Waals surface area contributed by atoms with Crippen LogP contribution in [0.15, 0.2) is 41.9 Å². The van der Waals surface area contributed by atoms with Crippen molar-refractivity contribution in [1.82, 2.24) is 9.97 Å². The minimum atomic E-state index is -5.00. The van der Waals surface area contributed by atoms with Gasteiger partial charge in [0.1, 0.15) is 23.4 Å². The van der Waals surface area contributed by atoms with E-state index in [4.69, 9.17) is 0 Å². The Morgan fingerprint density at radius 2 is 1.70 bits per heavy atom. The van der Waals surface area contributed by atoms with E-state index in [2.05, 4.69) is 9.97 Å². The van der Waals surface area contributed by atoms with Crippen molar-refractivity contribution in [2.24, 2.45) is 5.41 Å². The fourth-order valence-electron chi connectivity index (χ4n) is 2.05. The number of rotatable bonds is 2. The molecule has 0 aliphatic rings. The van der Waals surface area contributed by atoms with Gasteiger partial charge >= 0.3 is 6.18 Å². The van der Waals surface area contributed by atoms with Crippen molar-refractivity contribution >= 4 is 16.7 Å². The van der Waals surface area contributed by atoms with Crippen molar-refractivity contribution in [3.8, 4) is 0 Å². The zero-order valence-electron chi connectivity index (χ0n) is 12.8. The fourth-order valence-corrected chi connectivity index (χ4v) is 2.05. The second-order valence-electron chi connectivity index (χ2n) is 6.04. The van der Waals surface area contributed by atoms with Crippen LogP contribution in [0.4, 0.5) is 13.2 Å². The number of carbonyl (C=O) groups is 1. The number of allylic oxidation sites excluding steroid dienone is 2. The summed E-state index contributed by atoms with van der Waals surface area (Å²) in [4.78, 5) is 20.1. The molecule has 0 saturated carbocycles. The first-order chi connectivity index (χ1) is 10.5. The lowest BCUT2D eigenvalue weighted by molar-refractivity contribution is -0.0928. The molecule has 2 rings (SSSR count). The van der Waals surface area contributed by atoms with Crippen molar-refractivity contribution in [3.05, 3.63) is 47.6 Å². The van der Waals surface area contributed by atoms with Crippen molar-refractivity contribution in [2.45, 2.75) is 26.9 Å². The van der Waals surface area contributed by atoms with Crippen LogP contribution in [0.5, 0.6) is 0 Å². The van der Waals surface area contributed by atoms with Gasteiger partial charge in [-0.05, 0) is 6.07 Å². The highest BCUT2D eigenvalue weighted by Crippen LogP contribution is 2.37. The molecule has 0 aliphatic carbocycles. The van der Waals surface area contributed by atoms with E-state index in [0.29, 0.717) is 5.52 Å². The molecule has 0 unspecified atom stereocenters. The third-order valence-electron chi connectivity index (χ3n) is 3.22. The van der Waals surface area contributed by atoms with E-state index in [0.717, 1.165) is 6.33 Å². The predicted molar refractivity (Wildman–Crippen MR) is 79.0 cm³/mol. The molecule has 7 heteroatoms. The number of Topliss-reactive ketones (excluding diaryl/α,β-unsaturated/α-hetero) is 1. The first kappa shape index (κ1) is 16.9. The Balaban J connectivity index is 2.72. The number of benzene rings is 1. The van der Waals surface area contributed by atoms with Gasteiger partial charge < -0.3 is 5.11 Å². The molecule has 0 atom stereocenters. The Labute approximate surface area is 130 Å². The van der Waals surface area contributed by atoms with Crippen LogP contribution in [-0.2, 0) is 0 Å². The number of hydrogen-bond donors (Lipinski definition) is 1. The zero-order valence-corrected chi connectivity index (χ0v) is 12.8. The maximum atomic E-state index is 13.4. The van der Waals surface area contributed by atoms with Crippen LogP contribution in [0, 0.1) is 5.41 Å². The lowest BCUT2D eigenvalue weighted by Gasteiger charge is -2.22. The number of aliphatic hydroxyl groups is 1. The molecule has 1 N–H and O–H groups in total. The van der Waals surface area contributed by atoms with Gasteiger partial charge in [-0.25, -0.2) is 9.97 Å². The van der Waals surface area contributed by atoms with E-state index in [1.807, 2.05) is 0 Å². The maximum Gasteiger partial charge on any atom is 0.423 e. The Morgan fingerprint density at radius 1 is 1.09 bits per heavy atom. The molecular weight excluding hydrogens is 309 g/mol. The number of fused-ring (bicyclic) bond motifs is 1. The molecule has 122 valence electrons. The van der Waals surface area contributed by atoms with Crippen LogP contribution in [0.2, 0.25) is 0 Å². The number of aromatic nitrogens is 2. The summed E-state index contributed by atoms with van der Waals surface area (Å²) in [6, 6.07) is 6.25. The number of nitrogens with zero attached hydrogens (tertiary/aromatic N) is 2. The second-order valence-corrected chi connectivity index (χ2v) is 6.04. The SMILES string of the molecule is CC(C)(C)/C(O)=C(/C(=O)c1ncnc2ccccc12)C(F)(F)F. The van der Waals surface area contributed by atoms with E-state index in [1.165, 1.54) is 26.8 Å². The highest BCUT2D eigenvalue weighted by atomic mass is 19.4. The number of hydrogen-bond acceptors (Lipinski definition) is 4. The van der Waals surface area contributed by atoms with Crippen LogP contribution in [0.1, 0.15) is 31.3 Å². The van der Waals surface area contributed by atoms with Gasteiger partial charge in [-0.15, -0.1) is 0 Å². The minimum absolute atomic E-state index is 0.198. The molecule has 0 fully saturated rings. The van der Waals surface area contributed by atoms with Gasteiger partial charge in [0.2, 0.25) is 5.78 Å². The van der Waals surface area contributed by atoms with E-state index in [1.54, 1.807) is 18.2 Å². The van der Waals surface area contributed by atoms with E-state index >= 15 is 0 Å². The van der Waals surface area contributed by atoms with Crippen molar-refractivity contribution in [1.29, 1.82) is 0 Å². The van der Waals surface area contributed by atoms with E-state index in [-0.39, 0.29) is 5.39 Å². The topological polar surface area (TPSA) is 63.1 Å². The van der Waals surface area contributed by atoms with Crippen LogP contribution < -0.4 is 0 Å². The molecule has 0 spiro atoms. The van der Waals surface area contributed by atoms with Crippen LogP contribution in [0.3, 0.4) is 0 Å². The normalized spacial score (nSPS) is 13.8. The highest BCUT2D eigenvalue weighted by Gasteiger charge is 2.45. The molecule has 0 saturated heterocycles. The van der Waals surface area contributed by atoms with Gasteiger partial charge in [-0.2, -0.15) is 13.2 Å². The predicted octanol–water partition coefficient (Wildman–Crippen LogP) is 4.23. The molecule has 4 nitrogen and oxygen atoms in total. The summed E-state index contributed by atoms with van der Waals surface area (Å²) >= 11 is 0. The Morgan fingerprint density at radius 3 is 2.26 bits per heavy atom. The number of halogens is 3. The van der Waals surface area contributed by atoms with Gasteiger partial charge in [0, 0.05) is 10.8 Å². The Bertz CT molecular complexity index is 784. The van der Waals surface area contributed by atoms with Crippen molar-refractivity contribution in [3.63, 3.8) is 0 Å². The standard InChI is InChI=1S/C16H15F3N2O2/c1-15(2,3)14(23)11(16(17,18)19)13(22)12-9-6-4-5-7-10(9)20-8-21-12/h4-8,23H,1-3H3/b14-11+. The Kier molecular flexibility index (Phi) is 4.15. The van der Waals surface area contributed by atoms with E-state index < -0.39 is 34.4 Å². The summed E-state index contributed by atoms with van der Waals surface area (Å²) in [5.74, 6) is -2.39. The molecule has 0 aliphatic heterocycles. The molecular formula is C16H15F3N2O2. The number of ketones is 1. The fraction of sp³-hybridized carbons (Fsp3) is 0.312. The van der Waals surface area contributed by atoms with Crippen LogP contribution in [0.25, 0.3) is 10.9 Å². The average Bonchev–Trinajstić information content (AvgIpc) is 2.44. The summed E-state index contributed by atoms with van der Waals surface area (Å²) in [7, 11) is 0. The number of para-hydroxylation sites is 1. The minimum Gasteiger partial charge on any atom is -0.511 e. The average molecular weight is 324 g/mol. The summed E-state index contributed by atoms with van der Waals surface area (Å²) in [6.45, 7) is 4.16.